The molecule has 3 nitrogen and oxygen atoms in total. The maximum atomic E-state index is 11.7. The molecule has 0 spiro atoms. The van der Waals surface area contributed by atoms with E-state index in [0.717, 1.165) is 6.07 Å². The summed E-state index contributed by atoms with van der Waals surface area (Å²) in [6.07, 6.45) is -4.42. The Labute approximate surface area is 77.5 Å². The zero-order valence-corrected chi connectivity index (χ0v) is 7.13. The summed E-state index contributed by atoms with van der Waals surface area (Å²) in [4.78, 5) is 13.7. The Morgan fingerprint density at radius 3 is 2.57 bits per heavy atom. The van der Waals surface area contributed by atoms with Crippen molar-refractivity contribution in [2.24, 2.45) is 0 Å². The summed E-state index contributed by atoms with van der Waals surface area (Å²) in [5.41, 5.74) is 0.432. The fourth-order valence-corrected chi connectivity index (χ4v) is 0.821. The highest BCUT2D eigenvalue weighted by molar-refractivity contribution is 5.74. The first-order valence-corrected chi connectivity index (χ1v) is 3.61. The van der Waals surface area contributed by atoms with Crippen molar-refractivity contribution in [1.29, 1.82) is 0 Å². The molecule has 0 aliphatic rings. The summed E-state index contributed by atoms with van der Waals surface area (Å²) in [5, 5.41) is 0. The van der Waals surface area contributed by atoms with Gasteiger partial charge in [0.25, 0.3) is 0 Å². The van der Waals surface area contributed by atoms with Crippen LogP contribution in [0.15, 0.2) is 12.1 Å². The van der Waals surface area contributed by atoms with Gasteiger partial charge in [-0.2, -0.15) is 0 Å². The van der Waals surface area contributed by atoms with E-state index in [-0.39, 0.29) is 5.69 Å². The normalized spacial score (nSPS) is 11.1. The molecule has 0 aliphatic carbocycles. The average Bonchev–Trinajstić information content (AvgIpc) is 2.06. The Kier molecular flexibility index (Phi) is 2.73. The van der Waals surface area contributed by atoms with Crippen LogP contribution >= 0.6 is 0 Å². The van der Waals surface area contributed by atoms with Gasteiger partial charge in [0.2, 0.25) is 5.88 Å². The number of aldehydes is 1. The smallest absolute Gasteiger partial charge is 0.388 e. The minimum Gasteiger partial charge on any atom is -0.388 e. The highest BCUT2D eigenvalue weighted by Crippen LogP contribution is 2.21. The maximum absolute atomic E-state index is 11.7. The third kappa shape index (κ3) is 2.72. The molecule has 76 valence electrons. The van der Waals surface area contributed by atoms with Crippen LogP contribution in [0.1, 0.15) is 16.1 Å². The highest BCUT2D eigenvalue weighted by atomic mass is 19.4. The van der Waals surface area contributed by atoms with Gasteiger partial charge in [-0.3, -0.25) is 4.79 Å². The van der Waals surface area contributed by atoms with E-state index in [2.05, 4.69) is 9.72 Å². The first-order valence-electron chi connectivity index (χ1n) is 3.61. The van der Waals surface area contributed by atoms with Gasteiger partial charge in [0.05, 0.1) is 0 Å². The van der Waals surface area contributed by atoms with E-state index < -0.39 is 12.2 Å². The second kappa shape index (κ2) is 3.65. The standard InChI is InChI=1S/C8H6F3NO2/c1-5-2-3-7(12-6(5)4-13)14-8(9,10)11/h2-4H,1H3. The van der Waals surface area contributed by atoms with Crippen LogP contribution in [-0.2, 0) is 0 Å². The minimum atomic E-state index is -4.79. The molecule has 0 bridgehead atoms. The number of alkyl halides is 3. The quantitative estimate of drug-likeness (QED) is 0.694. The predicted octanol–water partition coefficient (Wildman–Crippen LogP) is 2.10. The molecular weight excluding hydrogens is 199 g/mol. The SMILES string of the molecule is Cc1ccc(OC(F)(F)F)nc1C=O. The van der Waals surface area contributed by atoms with Crippen LogP contribution in [0.4, 0.5) is 13.2 Å². The number of carbonyl (C=O) groups is 1. The molecule has 0 saturated carbocycles. The van der Waals surface area contributed by atoms with E-state index in [9.17, 15) is 18.0 Å². The van der Waals surface area contributed by atoms with E-state index in [4.69, 9.17) is 0 Å². The number of hydrogen-bond acceptors (Lipinski definition) is 3. The molecule has 0 aromatic carbocycles. The molecule has 0 aliphatic heterocycles. The zero-order valence-electron chi connectivity index (χ0n) is 7.13. The number of rotatable bonds is 2. The molecule has 1 rings (SSSR count). The topological polar surface area (TPSA) is 39.2 Å². The second-order valence-corrected chi connectivity index (χ2v) is 2.52. The van der Waals surface area contributed by atoms with E-state index >= 15 is 0 Å². The van der Waals surface area contributed by atoms with E-state index in [1.165, 1.54) is 6.07 Å². The Morgan fingerprint density at radius 1 is 1.43 bits per heavy atom. The first-order chi connectivity index (χ1) is 6.42. The van der Waals surface area contributed by atoms with Crippen molar-refractivity contribution in [3.63, 3.8) is 0 Å². The van der Waals surface area contributed by atoms with Gasteiger partial charge in [-0.15, -0.1) is 13.2 Å². The summed E-state index contributed by atoms with van der Waals surface area (Å²) >= 11 is 0. The number of nitrogens with zero attached hydrogens (tertiary/aromatic N) is 1. The molecule has 0 saturated heterocycles. The van der Waals surface area contributed by atoms with Crippen LogP contribution in [0.3, 0.4) is 0 Å². The summed E-state index contributed by atoms with van der Waals surface area (Å²) in [6.45, 7) is 1.56. The average molecular weight is 205 g/mol. The fourth-order valence-electron chi connectivity index (χ4n) is 0.821. The van der Waals surface area contributed by atoms with E-state index in [1.54, 1.807) is 6.92 Å². The molecule has 0 N–H and O–H groups in total. The van der Waals surface area contributed by atoms with E-state index in [1.807, 2.05) is 0 Å². The van der Waals surface area contributed by atoms with Crippen molar-refractivity contribution >= 4 is 6.29 Å². The van der Waals surface area contributed by atoms with Crippen molar-refractivity contribution in [2.45, 2.75) is 13.3 Å². The number of ether oxygens (including phenoxy) is 1. The van der Waals surface area contributed by atoms with Gasteiger partial charge in [-0.25, -0.2) is 4.98 Å². The molecule has 6 heteroatoms. The first kappa shape index (κ1) is 10.5. The van der Waals surface area contributed by atoms with Crippen LogP contribution in [0.2, 0.25) is 0 Å². The summed E-state index contributed by atoms with van der Waals surface area (Å²) in [7, 11) is 0. The Morgan fingerprint density at radius 2 is 2.07 bits per heavy atom. The lowest BCUT2D eigenvalue weighted by atomic mass is 10.2. The van der Waals surface area contributed by atoms with Crippen molar-refractivity contribution < 1.29 is 22.7 Å². The lowest BCUT2D eigenvalue weighted by Crippen LogP contribution is -2.18. The summed E-state index contributed by atoms with van der Waals surface area (Å²) in [5.74, 6) is -0.634. The molecule has 0 radical (unpaired) electrons. The third-order valence-corrected chi connectivity index (χ3v) is 1.44. The van der Waals surface area contributed by atoms with Crippen LogP contribution in [-0.4, -0.2) is 17.6 Å². The molecule has 1 aromatic rings. The zero-order chi connectivity index (χ0) is 10.8. The van der Waals surface area contributed by atoms with E-state index in [0.29, 0.717) is 11.8 Å². The van der Waals surface area contributed by atoms with Gasteiger partial charge in [0.15, 0.2) is 6.29 Å². The van der Waals surface area contributed by atoms with Crippen LogP contribution < -0.4 is 4.74 Å². The Balaban J connectivity index is 2.95. The maximum Gasteiger partial charge on any atom is 0.574 e. The van der Waals surface area contributed by atoms with Gasteiger partial charge in [0, 0.05) is 6.07 Å². The number of aromatic nitrogens is 1. The van der Waals surface area contributed by atoms with Crippen LogP contribution in [0.5, 0.6) is 5.88 Å². The largest absolute Gasteiger partial charge is 0.574 e. The lowest BCUT2D eigenvalue weighted by Gasteiger charge is -2.08. The Bertz CT molecular complexity index is 349. The van der Waals surface area contributed by atoms with Crippen molar-refractivity contribution in [1.82, 2.24) is 4.98 Å². The number of hydrogen-bond donors (Lipinski definition) is 0. The van der Waals surface area contributed by atoms with Gasteiger partial charge < -0.3 is 4.74 Å². The second-order valence-electron chi connectivity index (χ2n) is 2.52. The molecule has 14 heavy (non-hydrogen) atoms. The molecule has 0 unspecified atom stereocenters. The number of carbonyl (C=O) groups excluding carboxylic acids is 1. The van der Waals surface area contributed by atoms with Crippen molar-refractivity contribution in [3.05, 3.63) is 23.4 Å². The Hall–Kier alpha value is -1.59. The van der Waals surface area contributed by atoms with Crippen LogP contribution in [0, 0.1) is 6.92 Å². The van der Waals surface area contributed by atoms with Crippen LogP contribution in [0.25, 0.3) is 0 Å². The monoisotopic (exact) mass is 205 g/mol. The number of halogens is 3. The fraction of sp³-hybridized carbons (Fsp3) is 0.250. The number of pyridine rings is 1. The van der Waals surface area contributed by atoms with Crippen molar-refractivity contribution in [2.75, 3.05) is 0 Å². The minimum absolute atomic E-state index is 0.0632. The van der Waals surface area contributed by atoms with Gasteiger partial charge in [0.1, 0.15) is 5.69 Å². The number of aryl methyl sites for hydroxylation is 1. The molecule has 0 atom stereocenters. The van der Waals surface area contributed by atoms with Gasteiger partial charge in [-0.1, -0.05) is 6.07 Å². The third-order valence-electron chi connectivity index (χ3n) is 1.44. The molecule has 1 aromatic heterocycles. The predicted molar refractivity (Wildman–Crippen MR) is 41.0 cm³/mol. The van der Waals surface area contributed by atoms with Gasteiger partial charge in [-0.05, 0) is 12.5 Å². The molecule has 0 fully saturated rings. The summed E-state index contributed by atoms with van der Waals surface area (Å²) < 4.78 is 38.7. The van der Waals surface area contributed by atoms with Crippen molar-refractivity contribution in [3.8, 4) is 5.88 Å². The lowest BCUT2D eigenvalue weighted by molar-refractivity contribution is -0.276. The van der Waals surface area contributed by atoms with Gasteiger partial charge >= 0.3 is 6.36 Å². The molecule has 1 heterocycles. The molecule has 0 amide bonds. The molecular formula is C8H6F3NO2. The summed E-state index contributed by atoms with van der Waals surface area (Å²) in [6, 6.07) is 2.38. The highest BCUT2D eigenvalue weighted by Gasteiger charge is 2.31.